The quantitative estimate of drug-likeness (QED) is 0.379. The Morgan fingerprint density at radius 3 is 2.62 bits per heavy atom. The first-order chi connectivity index (χ1) is 6.20. The van der Waals surface area contributed by atoms with Crippen LogP contribution in [0, 0.1) is 0 Å². The van der Waals surface area contributed by atoms with Gasteiger partial charge in [0.05, 0.1) is 7.11 Å². The minimum atomic E-state index is -0.150. The van der Waals surface area contributed by atoms with E-state index in [1.807, 2.05) is 0 Å². The molecule has 0 bridgehead atoms. The lowest BCUT2D eigenvalue weighted by Gasteiger charge is -2.05. The maximum atomic E-state index is 10.7. The second kappa shape index (κ2) is 8.64. The highest BCUT2D eigenvalue weighted by Gasteiger charge is 2.04. The van der Waals surface area contributed by atoms with Gasteiger partial charge in [-0.2, -0.15) is 0 Å². The number of esters is 1. The van der Waals surface area contributed by atoms with Crippen molar-refractivity contribution in [3.05, 3.63) is 0 Å². The average molecular weight is 227 g/mol. The zero-order chi connectivity index (χ0) is 10.1. The van der Waals surface area contributed by atoms with E-state index < -0.39 is 0 Å². The van der Waals surface area contributed by atoms with E-state index in [0.717, 1.165) is 25.7 Å². The van der Waals surface area contributed by atoms with Crippen molar-refractivity contribution in [1.29, 1.82) is 0 Å². The van der Waals surface area contributed by atoms with Gasteiger partial charge in [-0.25, -0.2) is 0 Å². The van der Waals surface area contributed by atoms with Crippen LogP contribution >= 0.6 is 23.2 Å². The molecule has 13 heavy (non-hydrogen) atoms. The van der Waals surface area contributed by atoms with Gasteiger partial charge in [0.1, 0.15) is 0 Å². The highest BCUT2D eigenvalue weighted by molar-refractivity contribution is 6.22. The van der Waals surface area contributed by atoms with Gasteiger partial charge in [0.2, 0.25) is 0 Å². The van der Waals surface area contributed by atoms with Crippen LogP contribution in [0.25, 0.3) is 0 Å². The second-order valence-electron chi connectivity index (χ2n) is 2.90. The molecule has 0 unspecified atom stereocenters. The number of alkyl halides is 2. The maximum absolute atomic E-state index is 10.7. The van der Waals surface area contributed by atoms with Gasteiger partial charge in [0.15, 0.2) is 0 Å². The Hall–Kier alpha value is 0.0500. The van der Waals surface area contributed by atoms with Gasteiger partial charge in [-0.3, -0.25) is 4.79 Å². The summed E-state index contributed by atoms with van der Waals surface area (Å²) in [5.41, 5.74) is 0. The lowest BCUT2D eigenvalue weighted by molar-refractivity contribution is -0.140. The first-order valence-corrected chi connectivity index (χ1v) is 5.44. The number of rotatable bonds is 7. The van der Waals surface area contributed by atoms with Crippen molar-refractivity contribution < 1.29 is 9.53 Å². The summed E-state index contributed by atoms with van der Waals surface area (Å²) in [5, 5.41) is 0.148. The fraction of sp³-hybridized carbons (Fsp3) is 0.889. The van der Waals surface area contributed by atoms with Crippen LogP contribution in [0.15, 0.2) is 0 Å². The van der Waals surface area contributed by atoms with Gasteiger partial charge < -0.3 is 4.74 Å². The predicted octanol–water partition coefficient (Wildman–Crippen LogP) is 2.96. The Balaban J connectivity index is 3.20. The molecule has 0 aliphatic heterocycles. The van der Waals surface area contributed by atoms with Crippen LogP contribution < -0.4 is 0 Å². The van der Waals surface area contributed by atoms with E-state index in [4.69, 9.17) is 23.2 Å². The van der Waals surface area contributed by atoms with Crippen LogP contribution in [0.4, 0.5) is 0 Å². The van der Waals surface area contributed by atoms with Crippen molar-refractivity contribution in [2.45, 2.75) is 37.5 Å². The molecule has 2 nitrogen and oxygen atoms in total. The SMILES string of the molecule is COC(=O)CCCC[C@H](Cl)CCCl. The minimum Gasteiger partial charge on any atom is -0.469 e. The van der Waals surface area contributed by atoms with E-state index in [-0.39, 0.29) is 11.3 Å². The molecule has 0 radical (unpaired) electrons. The molecule has 0 saturated heterocycles. The van der Waals surface area contributed by atoms with Crippen LogP contribution in [-0.4, -0.2) is 24.3 Å². The highest BCUT2D eigenvalue weighted by atomic mass is 35.5. The summed E-state index contributed by atoms with van der Waals surface area (Å²) in [6.45, 7) is 0. The molecule has 0 heterocycles. The molecule has 0 saturated carbocycles. The Morgan fingerprint density at radius 2 is 2.08 bits per heavy atom. The van der Waals surface area contributed by atoms with Crippen LogP contribution in [0.5, 0.6) is 0 Å². The number of hydrogen-bond acceptors (Lipinski definition) is 2. The van der Waals surface area contributed by atoms with E-state index in [9.17, 15) is 4.79 Å². The number of carbonyl (C=O) groups excluding carboxylic acids is 1. The largest absolute Gasteiger partial charge is 0.469 e. The van der Waals surface area contributed by atoms with E-state index >= 15 is 0 Å². The standard InChI is InChI=1S/C9H16Cl2O2/c1-13-9(12)5-3-2-4-8(11)6-7-10/h8H,2-7H2,1H3/t8-/m0/s1. The lowest BCUT2D eigenvalue weighted by Crippen LogP contribution is -2.02. The summed E-state index contributed by atoms with van der Waals surface area (Å²) < 4.78 is 4.51. The zero-order valence-electron chi connectivity index (χ0n) is 7.89. The molecule has 0 aliphatic carbocycles. The molecule has 0 aliphatic rings. The third-order valence-electron chi connectivity index (χ3n) is 1.80. The highest BCUT2D eigenvalue weighted by Crippen LogP contribution is 2.13. The molecule has 0 rings (SSSR count). The van der Waals surface area contributed by atoms with Crippen LogP contribution in [-0.2, 0) is 9.53 Å². The number of ether oxygens (including phenoxy) is 1. The van der Waals surface area contributed by atoms with E-state index in [0.29, 0.717) is 12.3 Å². The second-order valence-corrected chi connectivity index (χ2v) is 3.89. The topological polar surface area (TPSA) is 26.3 Å². The molecular weight excluding hydrogens is 211 g/mol. The molecule has 0 aromatic carbocycles. The molecule has 0 N–H and O–H groups in total. The Morgan fingerprint density at radius 1 is 1.38 bits per heavy atom. The van der Waals surface area contributed by atoms with Crippen molar-refractivity contribution in [2.24, 2.45) is 0 Å². The third-order valence-corrected chi connectivity index (χ3v) is 2.45. The third kappa shape index (κ3) is 8.38. The van der Waals surface area contributed by atoms with Crippen LogP contribution in [0.3, 0.4) is 0 Å². The smallest absolute Gasteiger partial charge is 0.305 e. The number of unbranched alkanes of at least 4 members (excludes halogenated alkanes) is 1. The number of methoxy groups -OCH3 is 1. The van der Waals surface area contributed by atoms with Gasteiger partial charge in [-0.1, -0.05) is 6.42 Å². The molecule has 0 spiro atoms. The van der Waals surface area contributed by atoms with Gasteiger partial charge >= 0.3 is 5.97 Å². The first-order valence-electron chi connectivity index (χ1n) is 4.47. The fourth-order valence-electron chi connectivity index (χ4n) is 1.000. The van der Waals surface area contributed by atoms with Crippen molar-refractivity contribution in [2.75, 3.05) is 13.0 Å². The summed E-state index contributed by atoms with van der Waals surface area (Å²) in [5.74, 6) is 0.453. The van der Waals surface area contributed by atoms with Crippen LogP contribution in [0.2, 0.25) is 0 Å². The van der Waals surface area contributed by atoms with Crippen molar-refractivity contribution >= 4 is 29.2 Å². The van der Waals surface area contributed by atoms with E-state index in [1.54, 1.807) is 0 Å². The lowest BCUT2D eigenvalue weighted by atomic mass is 10.1. The molecule has 1 atom stereocenters. The minimum absolute atomic E-state index is 0.148. The molecular formula is C9H16Cl2O2. The number of carbonyl (C=O) groups is 1. The normalized spacial score (nSPS) is 12.5. The summed E-state index contributed by atoms with van der Waals surface area (Å²) in [6.07, 6.45) is 4.05. The monoisotopic (exact) mass is 226 g/mol. The van der Waals surface area contributed by atoms with Gasteiger partial charge in [-0.05, 0) is 19.3 Å². The molecule has 0 amide bonds. The maximum Gasteiger partial charge on any atom is 0.305 e. The summed E-state index contributed by atoms with van der Waals surface area (Å²) in [7, 11) is 1.40. The molecule has 0 aromatic heterocycles. The first kappa shape index (κ1) is 13.1. The van der Waals surface area contributed by atoms with Crippen molar-refractivity contribution in [1.82, 2.24) is 0 Å². The predicted molar refractivity (Wildman–Crippen MR) is 55.5 cm³/mol. The zero-order valence-corrected chi connectivity index (χ0v) is 9.40. The molecule has 78 valence electrons. The summed E-state index contributed by atoms with van der Waals surface area (Å²) in [4.78, 5) is 10.7. The summed E-state index contributed by atoms with van der Waals surface area (Å²) >= 11 is 11.5. The van der Waals surface area contributed by atoms with Crippen molar-refractivity contribution in [3.63, 3.8) is 0 Å². The number of halogens is 2. The molecule has 0 fully saturated rings. The fourth-order valence-corrected chi connectivity index (χ4v) is 1.64. The van der Waals surface area contributed by atoms with Gasteiger partial charge in [0, 0.05) is 17.7 Å². The average Bonchev–Trinajstić information content (AvgIpc) is 2.12. The molecule has 4 heteroatoms. The summed E-state index contributed by atoms with van der Waals surface area (Å²) in [6, 6.07) is 0. The van der Waals surface area contributed by atoms with Crippen molar-refractivity contribution in [3.8, 4) is 0 Å². The van der Waals surface area contributed by atoms with E-state index in [2.05, 4.69) is 4.74 Å². The van der Waals surface area contributed by atoms with Crippen LogP contribution in [0.1, 0.15) is 32.1 Å². The molecule has 0 aromatic rings. The number of hydrogen-bond donors (Lipinski definition) is 0. The Kier molecular flexibility index (Phi) is 8.67. The Bertz CT molecular complexity index is 140. The van der Waals surface area contributed by atoms with Gasteiger partial charge in [-0.15, -0.1) is 23.2 Å². The van der Waals surface area contributed by atoms with E-state index in [1.165, 1.54) is 7.11 Å². The Labute approximate surface area is 89.5 Å². The van der Waals surface area contributed by atoms with Gasteiger partial charge in [0.25, 0.3) is 0 Å².